The summed E-state index contributed by atoms with van der Waals surface area (Å²) in [4.78, 5) is 106. The highest BCUT2D eigenvalue weighted by Crippen LogP contribution is 2.53. The number of rotatable bonds is 20. The van der Waals surface area contributed by atoms with E-state index in [-0.39, 0.29) is 84.5 Å². The molecule has 0 aromatic heterocycles. The normalized spacial score (nSPS) is 27.3. The standard InChI is InChI=1S/C57H69N3O23/c1-8-11-39(65)59-33-20-30(15-16-35(33)82-55-26(2)51(79-28(4)62)52(80-29(5)63)53(83-55)54(71)75-7)25-77-56(72)60-18-19-76-40(60)14-10-17-58-34-21-41(78-27(3)46(34)66)81-37-23-57(73,38(64)24-61)22-32-43(37)50(70)45-44(48(32)68)47(67)31-12-9-13-36(74-6)42(31)49(45)69/h9,12-13,15-16,20,26-27,34,37,40-41,46,51-53,55,58,61,66,68,70,73H,8,10-11,14,17-19,21-25H2,1-7H3,(H,59,65)/t26-,27?,34?,37?,40?,41?,46?,51-,52+,53+,55?,57+/m1/s1. The topological polar surface area (TPSA) is 357 Å². The molecule has 8 rings (SSSR count). The van der Waals surface area contributed by atoms with Gasteiger partial charge in [-0.05, 0) is 56.5 Å². The smallest absolute Gasteiger partial charge is 0.412 e. The van der Waals surface area contributed by atoms with Crippen LogP contribution in [0.4, 0.5) is 10.5 Å². The van der Waals surface area contributed by atoms with Crippen molar-refractivity contribution in [2.24, 2.45) is 5.92 Å². The van der Waals surface area contributed by atoms with Gasteiger partial charge in [0.2, 0.25) is 18.0 Å². The summed E-state index contributed by atoms with van der Waals surface area (Å²) in [6, 6.07) is 8.22. The van der Waals surface area contributed by atoms with Crippen molar-refractivity contribution in [2.75, 3.05) is 45.8 Å². The van der Waals surface area contributed by atoms with Gasteiger partial charge < -0.3 is 83.5 Å². The van der Waals surface area contributed by atoms with Crippen LogP contribution < -0.4 is 20.1 Å². The Morgan fingerprint density at radius 3 is 2.31 bits per heavy atom. The van der Waals surface area contributed by atoms with E-state index in [1.165, 1.54) is 42.3 Å². The molecule has 2 amide bonds. The van der Waals surface area contributed by atoms with Crippen LogP contribution in [0.2, 0.25) is 0 Å². The number of aliphatic hydroxyl groups is 3. The monoisotopic (exact) mass is 1160 g/mol. The summed E-state index contributed by atoms with van der Waals surface area (Å²) >= 11 is 0. The number of hydrogen-bond acceptors (Lipinski definition) is 24. The van der Waals surface area contributed by atoms with E-state index in [1.54, 1.807) is 19.9 Å². The molecule has 5 aliphatic rings. The predicted octanol–water partition coefficient (Wildman–Crippen LogP) is 2.92. The Hall–Kier alpha value is -7.30. The van der Waals surface area contributed by atoms with Crippen LogP contribution in [0.5, 0.6) is 23.0 Å². The minimum Gasteiger partial charge on any atom is -0.507 e. The average molecular weight is 1160 g/mol. The molecule has 450 valence electrons. The van der Waals surface area contributed by atoms with E-state index in [4.69, 9.17) is 47.4 Å². The SMILES string of the molecule is CCCC(=O)Nc1cc(COC(=O)N2CCOC2CCCNC2CC(OC3C[C@](O)(C(=O)CO)Cc4c(O)c5c(c(O)c43)C(=O)c3c(OC)cccc3C5=O)OC(C)C2O)ccc1OC1O[C@H](C(=O)OC)[C@@H](OC(C)=O)[C@H](OC(C)=O)[C@H]1C. The molecule has 3 aromatic rings. The number of fused-ring (bicyclic) bond motifs is 3. The van der Waals surface area contributed by atoms with E-state index in [1.807, 2.05) is 6.92 Å². The van der Waals surface area contributed by atoms with Gasteiger partial charge in [-0.25, -0.2) is 9.59 Å². The van der Waals surface area contributed by atoms with Crippen molar-refractivity contribution in [3.63, 3.8) is 0 Å². The highest BCUT2D eigenvalue weighted by atomic mass is 16.7. The zero-order chi connectivity index (χ0) is 60.2. The van der Waals surface area contributed by atoms with Gasteiger partial charge in [-0.3, -0.25) is 33.7 Å². The lowest BCUT2D eigenvalue weighted by molar-refractivity contribution is -0.261. The summed E-state index contributed by atoms with van der Waals surface area (Å²) in [5.41, 5.74) is -3.50. The van der Waals surface area contributed by atoms with E-state index in [2.05, 4.69) is 10.6 Å². The zero-order valence-electron chi connectivity index (χ0n) is 46.8. The highest BCUT2D eigenvalue weighted by Gasteiger charge is 2.53. The molecular formula is C57H69N3O23. The number of nitrogens with one attached hydrogen (secondary N) is 2. The quantitative estimate of drug-likeness (QED) is 0.0289. The minimum absolute atomic E-state index is 0.0309. The molecule has 3 fully saturated rings. The number of aliphatic hydroxyl groups excluding tert-OH is 2. The molecule has 3 aromatic carbocycles. The fourth-order valence-corrected chi connectivity index (χ4v) is 11.2. The summed E-state index contributed by atoms with van der Waals surface area (Å²) in [6.45, 7) is 6.64. The van der Waals surface area contributed by atoms with Gasteiger partial charge in [0.15, 0.2) is 36.2 Å². The average Bonchev–Trinajstić information content (AvgIpc) is 4.16. The second-order valence-corrected chi connectivity index (χ2v) is 21.0. The maximum absolute atomic E-state index is 14.1. The number of ketones is 3. The summed E-state index contributed by atoms with van der Waals surface area (Å²) in [5, 5.41) is 62.7. The summed E-state index contributed by atoms with van der Waals surface area (Å²) in [6.07, 6.45) is -11.3. The Morgan fingerprint density at radius 1 is 0.904 bits per heavy atom. The van der Waals surface area contributed by atoms with Crippen LogP contribution in [-0.4, -0.2) is 179 Å². The number of nitrogens with zero attached hydrogens (tertiary/aromatic N) is 1. The van der Waals surface area contributed by atoms with E-state index in [0.29, 0.717) is 24.8 Å². The van der Waals surface area contributed by atoms with Crippen LogP contribution in [0.3, 0.4) is 0 Å². The third-order valence-corrected chi connectivity index (χ3v) is 15.3. The molecule has 0 spiro atoms. The number of carbonyl (C=O) groups excluding carboxylic acids is 8. The molecule has 83 heavy (non-hydrogen) atoms. The maximum atomic E-state index is 14.1. The zero-order valence-corrected chi connectivity index (χ0v) is 46.8. The number of amides is 2. The van der Waals surface area contributed by atoms with E-state index >= 15 is 0 Å². The number of ether oxygens (including phenoxy) is 10. The maximum Gasteiger partial charge on any atom is 0.412 e. The first-order valence-electron chi connectivity index (χ1n) is 27.2. The van der Waals surface area contributed by atoms with Crippen molar-refractivity contribution in [1.82, 2.24) is 10.2 Å². The number of phenolic OH excluding ortho intramolecular Hbond substituents is 2. The number of benzene rings is 3. The van der Waals surface area contributed by atoms with E-state index < -0.39 is 156 Å². The summed E-state index contributed by atoms with van der Waals surface area (Å²) < 4.78 is 57.5. The molecule has 0 saturated carbocycles. The lowest BCUT2D eigenvalue weighted by atomic mass is 9.72. The van der Waals surface area contributed by atoms with E-state index in [9.17, 15) is 63.9 Å². The number of hydrogen-bond donors (Lipinski definition) is 7. The molecule has 3 heterocycles. The van der Waals surface area contributed by atoms with Gasteiger partial charge in [-0.1, -0.05) is 32.0 Å². The Morgan fingerprint density at radius 2 is 1.63 bits per heavy atom. The molecule has 26 heteroatoms. The minimum atomic E-state index is -2.36. The number of esters is 3. The number of aromatic hydroxyl groups is 2. The Labute approximate surface area is 476 Å². The molecule has 0 radical (unpaired) electrons. The van der Waals surface area contributed by atoms with Gasteiger partial charge in [0, 0.05) is 62.3 Å². The van der Waals surface area contributed by atoms with Gasteiger partial charge in [-0.2, -0.15) is 0 Å². The number of carbonyl (C=O) groups is 8. The number of methoxy groups -OCH3 is 2. The molecule has 7 N–H and O–H groups in total. The van der Waals surface area contributed by atoms with Crippen molar-refractivity contribution in [3.05, 3.63) is 75.3 Å². The molecule has 12 atom stereocenters. The van der Waals surface area contributed by atoms with Gasteiger partial charge in [0.1, 0.15) is 48.0 Å². The number of anilines is 1. The van der Waals surface area contributed by atoms with Crippen molar-refractivity contribution in [3.8, 4) is 23.0 Å². The van der Waals surface area contributed by atoms with Crippen molar-refractivity contribution < 1.29 is 111 Å². The molecule has 3 aliphatic heterocycles. The Bertz CT molecular complexity index is 3000. The Balaban J connectivity index is 0.907. The van der Waals surface area contributed by atoms with Gasteiger partial charge >= 0.3 is 24.0 Å². The van der Waals surface area contributed by atoms with Crippen molar-refractivity contribution in [1.29, 1.82) is 0 Å². The van der Waals surface area contributed by atoms with E-state index in [0.717, 1.165) is 21.0 Å². The summed E-state index contributed by atoms with van der Waals surface area (Å²) in [5.74, 6) is -7.68. The fraction of sp³-hybridized carbons (Fsp3) is 0.544. The lowest BCUT2D eigenvalue weighted by Crippen LogP contribution is -2.60. The number of Topliss-reactive ketones (excluding diaryl/α,β-unsaturated/α-hetero) is 1. The van der Waals surface area contributed by atoms with Crippen LogP contribution in [0, 0.1) is 5.92 Å². The molecule has 7 unspecified atom stereocenters. The van der Waals surface area contributed by atoms with Crippen LogP contribution in [0.15, 0.2) is 36.4 Å². The molecule has 26 nitrogen and oxygen atoms in total. The predicted molar refractivity (Wildman–Crippen MR) is 283 cm³/mol. The second-order valence-electron chi connectivity index (χ2n) is 21.0. The largest absolute Gasteiger partial charge is 0.507 e. The summed E-state index contributed by atoms with van der Waals surface area (Å²) in [7, 11) is 2.41. The molecule has 3 saturated heterocycles. The fourth-order valence-electron chi connectivity index (χ4n) is 11.2. The first-order chi connectivity index (χ1) is 39.5. The van der Waals surface area contributed by atoms with Gasteiger partial charge in [0.05, 0.1) is 74.0 Å². The lowest BCUT2D eigenvalue weighted by Gasteiger charge is -2.43. The van der Waals surface area contributed by atoms with Crippen LogP contribution in [0.25, 0.3) is 0 Å². The Kier molecular flexibility index (Phi) is 19.4. The highest BCUT2D eigenvalue weighted by molar-refractivity contribution is 6.31. The van der Waals surface area contributed by atoms with Crippen LogP contribution in [-0.2, 0) is 74.9 Å². The molecular weight excluding hydrogens is 1090 g/mol. The van der Waals surface area contributed by atoms with Crippen LogP contribution >= 0.6 is 0 Å². The van der Waals surface area contributed by atoms with Crippen LogP contribution in [0.1, 0.15) is 128 Å². The number of phenols is 2. The first-order valence-corrected chi connectivity index (χ1v) is 27.2. The third kappa shape index (κ3) is 12.9. The first kappa shape index (κ1) is 61.8. The van der Waals surface area contributed by atoms with Gasteiger partial charge in [-0.15, -0.1) is 0 Å². The third-order valence-electron chi connectivity index (χ3n) is 15.3. The van der Waals surface area contributed by atoms with Crippen molar-refractivity contribution in [2.45, 2.75) is 153 Å². The molecule has 0 bridgehead atoms. The van der Waals surface area contributed by atoms with Gasteiger partial charge in [0.25, 0.3) is 0 Å². The van der Waals surface area contributed by atoms with Crippen molar-refractivity contribution >= 4 is 52.9 Å². The molecule has 2 aliphatic carbocycles. The second kappa shape index (κ2) is 26.1.